The van der Waals surface area contributed by atoms with Crippen LogP contribution in [0.4, 0.5) is 10.3 Å². The molecule has 1 aliphatic rings. The van der Waals surface area contributed by atoms with Crippen LogP contribution >= 0.6 is 0 Å². The molecule has 0 amide bonds. The molecule has 0 bridgehead atoms. The predicted octanol–water partition coefficient (Wildman–Crippen LogP) is 2.50. The molecule has 3 heterocycles. The maximum absolute atomic E-state index is 13.4. The number of allylic oxidation sites excluding steroid dienone is 1. The van der Waals surface area contributed by atoms with Crippen molar-refractivity contribution in [2.45, 2.75) is 12.3 Å². The second kappa shape index (κ2) is 9.77. The van der Waals surface area contributed by atoms with Gasteiger partial charge in [-0.2, -0.15) is 0 Å². The minimum atomic E-state index is -0.488. The fraction of sp³-hybridized carbons (Fsp3) is 0.273. The van der Waals surface area contributed by atoms with Gasteiger partial charge in [-0.1, -0.05) is 0 Å². The smallest absolute Gasteiger partial charge is 0.223 e. The number of nitrogens with zero attached hydrogens (tertiary/aromatic N) is 4. The fourth-order valence-electron chi connectivity index (χ4n) is 3.28. The third-order valence-corrected chi connectivity index (χ3v) is 4.93. The van der Waals surface area contributed by atoms with E-state index in [0.717, 1.165) is 11.1 Å². The van der Waals surface area contributed by atoms with Crippen LogP contribution in [-0.4, -0.2) is 65.8 Å². The largest absolute Gasteiger partial charge is 0.383 e. The first-order valence-electron chi connectivity index (χ1n) is 10.0. The van der Waals surface area contributed by atoms with Crippen molar-refractivity contribution in [2.75, 3.05) is 32.7 Å². The summed E-state index contributed by atoms with van der Waals surface area (Å²) in [6.45, 7) is 1.10. The van der Waals surface area contributed by atoms with Crippen LogP contribution in [0.1, 0.15) is 5.69 Å². The first-order chi connectivity index (χ1) is 15.6. The third kappa shape index (κ3) is 4.72. The molecule has 0 saturated carbocycles. The minimum absolute atomic E-state index is 0.317. The third-order valence-electron chi connectivity index (χ3n) is 4.93. The number of aliphatic imine (C=N–C) groups is 1. The number of imidazole rings is 1. The highest BCUT2D eigenvalue weighted by Gasteiger charge is 2.23. The van der Waals surface area contributed by atoms with Crippen molar-refractivity contribution in [1.82, 2.24) is 19.9 Å². The van der Waals surface area contributed by atoms with E-state index >= 15 is 0 Å². The predicted molar refractivity (Wildman–Crippen MR) is 121 cm³/mol. The summed E-state index contributed by atoms with van der Waals surface area (Å²) in [7, 11) is 3.21. The van der Waals surface area contributed by atoms with E-state index in [1.165, 1.54) is 12.1 Å². The van der Waals surface area contributed by atoms with Gasteiger partial charge in [-0.15, -0.1) is 0 Å². The Labute approximate surface area is 184 Å². The van der Waals surface area contributed by atoms with Crippen LogP contribution in [0, 0.1) is 5.82 Å². The van der Waals surface area contributed by atoms with E-state index in [1.807, 2.05) is 6.08 Å². The monoisotopic (exact) mass is 437 g/mol. The van der Waals surface area contributed by atoms with Gasteiger partial charge in [0.05, 0.1) is 23.7 Å². The van der Waals surface area contributed by atoms with Crippen molar-refractivity contribution >= 4 is 17.7 Å². The van der Waals surface area contributed by atoms with E-state index in [-0.39, 0.29) is 11.9 Å². The Morgan fingerprint density at radius 2 is 1.97 bits per heavy atom. The van der Waals surface area contributed by atoms with Crippen LogP contribution in [-0.2, 0) is 9.47 Å². The first-order valence-corrected chi connectivity index (χ1v) is 10.0. The van der Waals surface area contributed by atoms with Crippen molar-refractivity contribution in [3.63, 3.8) is 0 Å². The van der Waals surface area contributed by atoms with Crippen LogP contribution in [0.3, 0.4) is 0 Å². The summed E-state index contributed by atoms with van der Waals surface area (Å²) < 4.78 is 23.9. The van der Waals surface area contributed by atoms with E-state index in [2.05, 4.69) is 25.3 Å². The number of methoxy groups -OCH3 is 2. The van der Waals surface area contributed by atoms with Gasteiger partial charge in [0.15, 0.2) is 0 Å². The number of H-pyrrole nitrogens is 1. The number of dihydropyridines is 1. The summed E-state index contributed by atoms with van der Waals surface area (Å²) in [5.74, 6) is 0.717. The molecule has 0 saturated heterocycles. The number of ether oxygens (including phenoxy) is 2. The SMILES string of the molecule is COCCNc1nccc(-c2[nH]c(-c3ccc(F)cc3)nc2C2=CC(OC)C(N)N=C2)n1. The zero-order valence-electron chi connectivity index (χ0n) is 17.7. The summed E-state index contributed by atoms with van der Waals surface area (Å²) in [5, 5.41) is 3.12. The maximum atomic E-state index is 13.4. The van der Waals surface area contributed by atoms with Crippen molar-refractivity contribution in [3.8, 4) is 22.8 Å². The van der Waals surface area contributed by atoms with Crippen LogP contribution in [0.15, 0.2) is 47.6 Å². The zero-order valence-corrected chi connectivity index (χ0v) is 17.7. The molecule has 0 spiro atoms. The summed E-state index contributed by atoms with van der Waals surface area (Å²) >= 11 is 0. The molecule has 0 radical (unpaired) electrons. The number of nitrogens with two attached hydrogens (primary N) is 1. The Bertz CT molecular complexity index is 1130. The molecule has 1 aliphatic heterocycles. The van der Waals surface area contributed by atoms with Crippen molar-refractivity contribution in [1.29, 1.82) is 0 Å². The Hall–Kier alpha value is -3.47. The van der Waals surface area contributed by atoms with Gasteiger partial charge in [-0.25, -0.2) is 19.3 Å². The molecule has 32 heavy (non-hydrogen) atoms. The molecule has 0 aliphatic carbocycles. The highest BCUT2D eigenvalue weighted by Crippen LogP contribution is 2.31. The van der Waals surface area contributed by atoms with Crippen molar-refractivity contribution in [3.05, 3.63) is 54.1 Å². The molecule has 2 aromatic heterocycles. The highest BCUT2D eigenvalue weighted by atomic mass is 19.1. The van der Waals surface area contributed by atoms with Gasteiger partial charge >= 0.3 is 0 Å². The second-order valence-electron chi connectivity index (χ2n) is 7.09. The number of aromatic amines is 1. The molecule has 1 aromatic carbocycles. The zero-order chi connectivity index (χ0) is 22.5. The molecule has 2 unspecified atom stereocenters. The number of hydrogen-bond donors (Lipinski definition) is 3. The number of halogens is 1. The maximum Gasteiger partial charge on any atom is 0.223 e. The van der Waals surface area contributed by atoms with Crippen molar-refractivity contribution in [2.24, 2.45) is 10.7 Å². The molecule has 2 atom stereocenters. The van der Waals surface area contributed by atoms with E-state index < -0.39 is 6.17 Å². The Kier molecular flexibility index (Phi) is 6.64. The summed E-state index contributed by atoms with van der Waals surface area (Å²) in [6, 6.07) is 7.89. The number of aromatic nitrogens is 4. The second-order valence-corrected chi connectivity index (χ2v) is 7.09. The number of anilines is 1. The average molecular weight is 437 g/mol. The van der Waals surface area contributed by atoms with Gasteiger partial charge in [-0.3, -0.25) is 4.99 Å². The number of hydrogen-bond acceptors (Lipinski definition) is 8. The Morgan fingerprint density at radius 1 is 1.16 bits per heavy atom. The van der Waals surface area contributed by atoms with Crippen molar-refractivity contribution < 1.29 is 13.9 Å². The van der Waals surface area contributed by atoms with Gasteiger partial charge in [-0.05, 0) is 36.4 Å². The lowest BCUT2D eigenvalue weighted by Gasteiger charge is -2.20. The van der Waals surface area contributed by atoms with E-state index in [9.17, 15) is 4.39 Å². The van der Waals surface area contributed by atoms with Crippen LogP contribution in [0.2, 0.25) is 0 Å². The van der Waals surface area contributed by atoms with Gasteiger partial charge in [0.2, 0.25) is 5.95 Å². The molecular formula is C22H24FN7O2. The summed E-state index contributed by atoms with van der Waals surface area (Å²) in [6.07, 6.45) is 4.35. The minimum Gasteiger partial charge on any atom is -0.383 e. The van der Waals surface area contributed by atoms with Gasteiger partial charge in [0, 0.05) is 44.3 Å². The Balaban J connectivity index is 1.78. The standard InChI is InChI=1S/C22H24FN7O2/c1-31-10-9-26-22-25-8-7-16(28-22)19-18(14-11-17(32-2)20(24)27-12-14)29-21(30-19)13-3-5-15(23)6-4-13/h3-8,11-12,17,20H,9-10,24H2,1-2H3,(H,29,30)(H,25,26,28). The number of benzene rings is 1. The summed E-state index contributed by atoms with van der Waals surface area (Å²) in [5.41, 5.74) is 9.41. The van der Waals surface area contributed by atoms with E-state index in [4.69, 9.17) is 20.2 Å². The Morgan fingerprint density at radius 3 is 2.72 bits per heavy atom. The summed E-state index contributed by atoms with van der Waals surface area (Å²) in [4.78, 5) is 21.3. The quantitative estimate of drug-likeness (QED) is 0.463. The molecule has 10 heteroatoms. The number of rotatable bonds is 8. The molecule has 4 rings (SSSR count). The normalized spacial score (nSPS) is 17.9. The van der Waals surface area contributed by atoms with Crippen LogP contribution in [0.5, 0.6) is 0 Å². The highest BCUT2D eigenvalue weighted by molar-refractivity contribution is 6.12. The average Bonchev–Trinajstić information content (AvgIpc) is 3.26. The van der Waals surface area contributed by atoms with Crippen LogP contribution in [0.25, 0.3) is 28.3 Å². The van der Waals surface area contributed by atoms with Crippen LogP contribution < -0.4 is 11.1 Å². The molecule has 0 fully saturated rings. The van der Waals surface area contributed by atoms with Gasteiger partial charge in [0.1, 0.15) is 23.9 Å². The van der Waals surface area contributed by atoms with Gasteiger partial charge in [0.25, 0.3) is 0 Å². The fourth-order valence-corrected chi connectivity index (χ4v) is 3.28. The lowest BCUT2D eigenvalue weighted by Crippen LogP contribution is -2.35. The number of nitrogens with one attached hydrogen (secondary N) is 2. The molecular weight excluding hydrogens is 413 g/mol. The molecule has 3 aromatic rings. The molecule has 4 N–H and O–H groups in total. The van der Waals surface area contributed by atoms with Gasteiger partial charge < -0.3 is 25.5 Å². The van der Waals surface area contributed by atoms with E-state index in [1.54, 1.807) is 44.8 Å². The topological polar surface area (TPSA) is 123 Å². The lowest BCUT2D eigenvalue weighted by atomic mass is 10.0. The molecule has 166 valence electrons. The lowest BCUT2D eigenvalue weighted by molar-refractivity contribution is 0.120. The first kappa shape index (κ1) is 21.8. The molecule has 9 nitrogen and oxygen atoms in total. The van der Waals surface area contributed by atoms with E-state index in [0.29, 0.717) is 42.0 Å².